The van der Waals surface area contributed by atoms with Crippen LogP contribution < -0.4 is 0 Å². The Bertz CT molecular complexity index is 386. The molecule has 0 aliphatic rings. The van der Waals surface area contributed by atoms with Crippen molar-refractivity contribution in [3.05, 3.63) is 35.9 Å². The summed E-state index contributed by atoms with van der Waals surface area (Å²) in [6.07, 6.45) is 0.665. The van der Waals surface area contributed by atoms with E-state index >= 15 is 0 Å². The summed E-state index contributed by atoms with van der Waals surface area (Å²) in [5.74, 6) is -1.44. The van der Waals surface area contributed by atoms with E-state index in [1.54, 1.807) is 0 Å². The number of hydrogen-bond acceptors (Lipinski definition) is 3. The van der Waals surface area contributed by atoms with Gasteiger partial charge in [-0.1, -0.05) is 34.9 Å². The fourth-order valence-corrected chi connectivity index (χ4v) is 2.31. The molecule has 0 bridgehead atoms. The Morgan fingerprint density at radius 2 is 1.94 bits per heavy atom. The summed E-state index contributed by atoms with van der Waals surface area (Å²) in [5.41, 5.74) is 0.979. The van der Waals surface area contributed by atoms with Crippen molar-refractivity contribution in [1.29, 1.82) is 0 Å². The molecule has 0 amide bonds. The molecule has 0 saturated carbocycles. The van der Waals surface area contributed by atoms with Gasteiger partial charge in [0.2, 0.25) is 0 Å². The number of aryl methyl sites for hydroxylation is 1. The zero-order valence-corrected chi connectivity index (χ0v) is 9.85. The van der Waals surface area contributed by atoms with Crippen LogP contribution in [-0.2, 0) is 15.8 Å². The van der Waals surface area contributed by atoms with Gasteiger partial charge in [-0.15, -0.1) is 0 Å². The number of carboxylic acid groups (broad SMARTS) is 1. The molecule has 0 aliphatic carbocycles. The average molecular weight is 241 g/mol. The van der Waals surface area contributed by atoms with Gasteiger partial charge in [-0.3, -0.25) is 0 Å². The van der Waals surface area contributed by atoms with Crippen LogP contribution in [0.3, 0.4) is 0 Å². The van der Waals surface area contributed by atoms with Crippen LogP contribution in [0.2, 0.25) is 0 Å². The molecule has 2 atom stereocenters. The van der Waals surface area contributed by atoms with Gasteiger partial charge in [0.25, 0.3) is 0 Å². The van der Waals surface area contributed by atoms with Gasteiger partial charge in [0.1, 0.15) is 0 Å². The van der Waals surface area contributed by atoms with Gasteiger partial charge >= 0.3 is 19.1 Å². The smallest absolute Gasteiger partial charge is 0.387 e. The third-order valence-electron chi connectivity index (χ3n) is 2.34. The second kappa shape index (κ2) is 5.19. The maximum absolute atomic E-state index is 11.6. The molecule has 1 rings (SSSR count). The van der Waals surface area contributed by atoms with Gasteiger partial charge < -0.3 is 10.2 Å². The van der Waals surface area contributed by atoms with Crippen LogP contribution in [0.5, 0.6) is 0 Å². The zero-order valence-electron chi connectivity index (χ0n) is 8.96. The van der Waals surface area contributed by atoms with E-state index in [9.17, 15) is 14.5 Å². The van der Waals surface area contributed by atoms with Gasteiger partial charge in [0.05, 0.1) is 0 Å². The SMILES string of the molecule is CC(O)(C(=O)O)[P+](=O)CCc1ccccc1. The highest BCUT2D eigenvalue weighted by Crippen LogP contribution is 2.37. The number of benzene rings is 1. The Morgan fingerprint density at radius 3 is 2.44 bits per heavy atom. The van der Waals surface area contributed by atoms with Gasteiger partial charge in [-0.2, -0.15) is 0 Å². The molecule has 2 unspecified atom stereocenters. The van der Waals surface area contributed by atoms with Crippen LogP contribution in [0.15, 0.2) is 30.3 Å². The van der Waals surface area contributed by atoms with Crippen LogP contribution in [0.1, 0.15) is 12.5 Å². The lowest BCUT2D eigenvalue weighted by Crippen LogP contribution is -2.31. The van der Waals surface area contributed by atoms with Gasteiger partial charge in [0.15, 0.2) is 6.16 Å². The molecule has 0 aromatic heterocycles. The molecule has 5 heteroatoms. The Morgan fingerprint density at radius 1 is 1.38 bits per heavy atom. The predicted molar refractivity (Wildman–Crippen MR) is 60.9 cm³/mol. The Kier molecular flexibility index (Phi) is 4.16. The number of carbonyl (C=O) groups is 1. The Hall–Kier alpha value is -1.25. The largest absolute Gasteiger partial charge is 0.476 e. The molecule has 16 heavy (non-hydrogen) atoms. The van der Waals surface area contributed by atoms with E-state index in [0.717, 1.165) is 12.5 Å². The molecule has 1 aromatic carbocycles. The third kappa shape index (κ3) is 3.12. The lowest BCUT2D eigenvalue weighted by atomic mass is 10.2. The number of hydrogen-bond donors (Lipinski definition) is 2. The molecule has 0 aliphatic heterocycles. The van der Waals surface area contributed by atoms with E-state index in [0.29, 0.717) is 6.42 Å². The first-order valence-corrected chi connectivity index (χ1v) is 6.33. The lowest BCUT2D eigenvalue weighted by Gasteiger charge is -2.05. The first-order valence-electron chi connectivity index (χ1n) is 4.89. The molecule has 4 nitrogen and oxygen atoms in total. The van der Waals surface area contributed by atoms with Crippen LogP contribution in [0, 0.1) is 0 Å². The zero-order chi connectivity index (χ0) is 12.2. The molecular weight excluding hydrogens is 227 g/mol. The lowest BCUT2D eigenvalue weighted by molar-refractivity contribution is -0.148. The molecule has 1 aromatic rings. The number of carboxylic acids is 1. The summed E-state index contributed by atoms with van der Waals surface area (Å²) in [7, 11) is -2.18. The summed E-state index contributed by atoms with van der Waals surface area (Å²) in [4.78, 5) is 10.6. The van der Waals surface area contributed by atoms with Gasteiger partial charge in [-0.05, 0) is 5.56 Å². The monoisotopic (exact) mass is 241 g/mol. The third-order valence-corrected chi connectivity index (χ3v) is 4.13. The van der Waals surface area contributed by atoms with Crippen molar-refractivity contribution in [1.82, 2.24) is 0 Å². The minimum Gasteiger partial charge on any atom is -0.476 e. The quantitative estimate of drug-likeness (QED) is 0.771. The van der Waals surface area contributed by atoms with Crippen molar-refractivity contribution in [2.75, 3.05) is 6.16 Å². The molecule has 0 heterocycles. The van der Waals surface area contributed by atoms with Gasteiger partial charge in [0, 0.05) is 13.3 Å². The van der Waals surface area contributed by atoms with Crippen LogP contribution in [0.4, 0.5) is 0 Å². The predicted octanol–water partition coefficient (Wildman–Crippen LogP) is 1.85. The molecule has 0 spiro atoms. The Labute approximate surface area is 94.7 Å². The first kappa shape index (κ1) is 12.8. The number of rotatable bonds is 5. The number of aliphatic carboxylic acids is 1. The second-order valence-electron chi connectivity index (χ2n) is 3.66. The van der Waals surface area contributed by atoms with Crippen LogP contribution in [-0.4, -0.2) is 27.7 Å². The van der Waals surface area contributed by atoms with Crippen LogP contribution >= 0.6 is 7.80 Å². The fraction of sp³-hybridized carbons (Fsp3) is 0.364. The highest BCUT2D eigenvalue weighted by Gasteiger charge is 2.49. The van der Waals surface area contributed by atoms with E-state index < -0.39 is 19.1 Å². The second-order valence-corrected chi connectivity index (χ2v) is 5.74. The maximum atomic E-state index is 11.6. The molecule has 0 radical (unpaired) electrons. The molecule has 0 saturated heterocycles. The average Bonchev–Trinajstić information content (AvgIpc) is 2.27. The highest BCUT2D eigenvalue weighted by molar-refractivity contribution is 7.47. The molecule has 0 fully saturated rings. The molecule has 86 valence electrons. The molecular formula is C11H14O4P+. The van der Waals surface area contributed by atoms with Crippen molar-refractivity contribution >= 4 is 13.8 Å². The summed E-state index contributed by atoms with van der Waals surface area (Å²) in [6, 6.07) is 9.34. The minimum atomic E-state index is -2.18. The normalized spacial score (nSPS) is 15.2. The Balaban J connectivity index is 2.57. The van der Waals surface area contributed by atoms with Crippen molar-refractivity contribution in [3.8, 4) is 0 Å². The fourth-order valence-electron chi connectivity index (χ4n) is 1.20. The summed E-state index contributed by atoms with van der Waals surface area (Å²) >= 11 is 0. The highest BCUT2D eigenvalue weighted by atomic mass is 31.1. The standard InChI is InChI=1S/C11H13O4P/c1-11(14,10(12)13)16(15)8-7-9-5-3-2-4-6-9/h2-6,14H,7-8H2,1H3/p+1. The summed E-state index contributed by atoms with van der Waals surface area (Å²) in [5, 5.41) is 16.0. The molecule has 2 N–H and O–H groups in total. The number of aliphatic hydroxyl groups is 1. The first-order chi connectivity index (χ1) is 7.44. The van der Waals surface area contributed by atoms with E-state index in [2.05, 4.69) is 0 Å². The topological polar surface area (TPSA) is 74.6 Å². The van der Waals surface area contributed by atoms with E-state index in [1.165, 1.54) is 0 Å². The maximum Gasteiger partial charge on any atom is 0.387 e. The minimum absolute atomic E-state index is 0.165. The van der Waals surface area contributed by atoms with E-state index in [1.807, 2.05) is 30.3 Å². The summed E-state index contributed by atoms with van der Waals surface area (Å²) in [6.45, 7) is 1.07. The van der Waals surface area contributed by atoms with Crippen molar-refractivity contribution in [2.45, 2.75) is 18.7 Å². The van der Waals surface area contributed by atoms with Crippen molar-refractivity contribution in [3.63, 3.8) is 0 Å². The summed E-state index contributed by atoms with van der Waals surface area (Å²) < 4.78 is 11.6. The van der Waals surface area contributed by atoms with Crippen LogP contribution in [0.25, 0.3) is 0 Å². The van der Waals surface area contributed by atoms with E-state index in [-0.39, 0.29) is 6.16 Å². The van der Waals surface area contributed by atoms with Gasteiger partial charge in [-0.25, -0.2) is 4.79 Å². The van der Waals surface area contributed by atoms with E-state index in [4.69, 9.17) is 5.11 Å². The van der Waals surface area contributed by atoms with Crippen molar-refractivity contribution < 1.29 is 19.6 Å². The van der Waals surface area contributed by atoms with Crippen molar-refractivity contribution in [2.24, 2.45) is 0 Å².